The van der Waals surface area contributed by atoms with Crippen molar-refractivity contribution in [3.8, 4) is 6.07 Å². The number of nitrogens with one attached hydrogen (secondary N) is 1. The molecule has 4 nitrogen and oxygen atoms in total. The highest BCUT2D eigenvalue weighted by Crippen LogP contribution is 2.28. The summed E-state index contributed by atoms with van der Waals surface area (Å²) in [6.07, 6.45) is 5.48. The predicted octanol–water partition coefficient (Wildman–Crippen LogP) is 1.34. The Kier molecular flexibility index (Phi) is 2.49. The molecular weight excluding hydrogens is 212 g/mol. The summed E-state index contributed by atoms with van der Waals surface area (Å²) >= 11 is 0. The number of pyridine rings is 1. The number of aromatic nitrogens is 1. The Bertz CT molecular complexity index is 489. The van der Waals surface area contributed by atoms with Crippen molar-refractivity contribution in [2.45, 2.75) is 44.2 Å². The lowest BCUT2D eigenvalue weighted by molar-refractivity contribution is 0.668. The van der Waals surface area contributed by atoms with Crippen LogP contribution in [-0.4, -0.2) is 17.1 Å². The Hall–Kier alpha value is -1.60. The fourth-order valence-electron chi connectivity index (χ4n) is 2.39. The normalized spacial score (nSPS) is 25.9. The second-order valence-electron chi connectivity index (χ2n) is 4.96. The van der Waals surface area contributed by atoms with Gasteiger partial charge in [-0.3, -0.25) is 0 Å². The summed E-state index contributed by atoms with van der Waals surface area (Å²) in [7, 11) is 0. The van der Waals surface area contributed by atoms with Crippen molar-refractivity contribution in [2.24, 2.45) is 5.73 Å². The van der Waals surface area contributed by atoms with Gasteiger partial charge in [0.15, 0.2) is 0 Å². The lowest BCUT2D eigenvalue weighted by Gasteiger charge is -2.17. The fraction of sp³-hybridized carbons (Fsp3) is 0.538. The molecule has 2 atom stereocenters. The summed E-state index contributed by atoms with van der Waals surface area (Å²) in [6, 6.07) is 4.75. The van der Waals surface area contributed by atoms with Gasteiger partial charge in [-0.2, -0.15) is 5.26 Å². The van der Waals surface area contributed by atoms with Crippen LogP contribution in [0.5, 0.6) is 0 Å². The van der Waals surface area contributed by atoms with Gasteiger partial charge in [-0.05, 0) is 43.7 Å². The van der Waals surface area contributed by atoms with E-state index in [1.807, 2.05) is 6.07 Å². The first-order valence-corrected chi connectivity index (χ1v) is 6.23. The highest BCUT2D eigenvalue weighted by Gasteiger charge is 2.34. The molecule has 2 unspecified atom stereocenters. The van der Waals surface area contributed by atoms with Gasteiger partial charge in [0.1, 0.15) is 11.9 Å². The fourth-order valence-corrected chi connectivity index (χ4v) is 2.39. The van der Waals surface area contributed by atoms with Crippen molar-refractivity contribution in [2.75, 3.05) is 5.32 Å². The summed E-state index contributed by atoms with van der Waals surface area (Å²) in [5.74, 6) is 0.728. The van der Waals surface area contributed by atoms with Crippen molar-refractivity contribution in [1.82, 2.24) is 4.98 Å². The Morgan fingerprint density at radius 3 is 2.88 bits per heavy atom. The average Bonchev–Trinajstić information content (AvgIpc) is 3.04. The third-order valence-corrected chi connectivity index (χ3v) is 3.58. The zero-order valence-electron chi connectivity index (χ0n) is 9.74. The highest BCUT2D eigenvalue weighted by molar-refractivity contribution is 5.56. The number of aryl methyl sites for hydroxylation is 2. The third-order valence-electron chi connectivity index (χ3n) is 3.58. The van der Waals surface area contributed by atoms with E-state index in [0.717, 1.165) is 30.8 Å². The van der Waals surface area contributed by atoms with Gasteiger partial charge in [-0.1, -0.05) is 0 Å². The minimum Gasteiger partial charge on any atom is -0.365 e. The van der Waals surface area contributed by atoms with E-state index in [0.29, 0.717) is 11.6 Å². The summed E-state index contributed by atoms with van der Waals surface area (Å²) in [5, 5.41) is 12.4. The largest absolute Gasteiger partial charge is 0.365 e. The molecule has 0 amide bonds. The third kappa shape index (κ3) is 1.98. The van der Waals surface area contributed by atoms with Crippen LogP contribution in [0.25, 0.3) is 0 Å². The smallest absolute Gasteiger partial charge is 0.144 e. The van der Waals surface area contributed by atoms with Gasteiger partial charge in [0.05, 0.1) is 5.56 Å². The van der Waals surface area contributed by atoms with Crippen molar-refractivity contribution in [3.05, 3.63) is 22.9 Å². The van der Waals surface area contributed by atoms with Gasteiger partial charge in [-0.15, -0.1) is 0 Å². The van der Waals surface area contributed by atoms with Gasteiger partial charge < -0.3 is 11.1 Å². The number of anilines is 1. The molecule has 0 bridgehead atoms. The van der Waals surface area contributed by atoms with Crippen LogP contribution in [0.15, 0.2) is 6.07 Å². The number of hydrogen-bond donors (Lipinski definition) is 2. The van der Waals surface area contributed by atoms with Crippen molar-refractivity contribution >= 4 is 5.82 Å². The van der Waals surface area contributed by atoms with Gasteiger partial charge in [0, 0.05) is 17.8 Å². The first-order chi connectivity index (χ1) is 8.28. The van der Waals surface area contributed by atoms with Crippen molar-refractivity contribution in [1.29, 1.82) is 5.26 Å². The first kappa shape index (κ1) is 10.5. The molecule has 2 aliphatic rings. The van der Waals surface area contributed by atoms with E-state index < -0.39 is 0 Å². The average molecular weight is 228 g/mol. The maximum absolute atomic E-state index is 9.16. The molecule has 0 radical (unpaired) electrons. The number of nitriles is 1. The van der Waals surface area contributed by atoms with Crippen LogP contribution in [0.2, 0.25) is 0 Å². The van der Waals surface area contributed by atoms with E-state index in [1.54, 1.807) is 0 Å². The lowest BCUT2D eigenvalue weighted by Crippen LogP contribution is -2.16. The standard InChI is InChI=1S/C13H16N4/c14-7-9-5-8-3-1-2-4-11(8)16-13(9)17-12-6-10(12)15/h5,10,12H,1-4,6,15H2,(H,16,17). The molecule has 3 N–H and O–H groups in total. The molecule has 0 aromatic carbocycles. The second kappa shape index (κ2) is 4.01. The van der Waals surface area contributed by atoms with Gasteiger partial charge in [-0.25, -0.2) is 4.98 Å². The van der Waals surface area contributed by atoms with E-state index in [2.05, 4.69) is 16.4 Å². The van der Waals surface area contributed by atoms with Crippen molar-refractivity contribution < 1.29 is 0 Å². The molecule has 1 aromatic rings. The molecule has 1 fully saturated rings. The SMILES string of the molecule is N#Cc1cc2c(nc1NC1CC1N)CCCC2. The number of fused-ring (bicyclic) bond motifs is 1. The number of hydrogen-bond acceptors (Lipinski definition) is 4. The molecular formula is C13H16N4. The first-order valence-electron chi connectivity index (χ1n) is 6.23. The highest BCUT2D eigenvalue weighted by atomic mass is 15.1. The van der Waals surface area contributed by atoms with E-state index in [9.17, 15) is 0 Å². The van der Waals surface area contributed by atoms with E-state index >= 15 is 0 Å². The van der Waals surface area contributed by atoms with E-state index in [-0.39, 0.29) is 6.04 Å². The monoisotopic (exact) mass is 228 g/mol. The van der Waals surface area contributed by atoms with Crippen LogP contribution < -0.4 is 11.1 Å². The minimum atomic E-state index is 0.222. The maximum atomic E-state index is 9.16. The van der Waals surface area contributed by atoms with E-state index in [1.165, 1.54) is 18.4 Å². The van der Waals surface area contributed by atoms with E-state index in [4.69, 9.17) is 11.0 Å². The number of nitrogens with zero attached hydrogens (tertiary/aromatic N) is 2. The summed E-state index contributed by atoms with van der Waals surface area (Å²) in [5.41, 5.74) is 8.84. The predicted molar refractivity (Wildman–Crippen MR) is 65.6 cm³/mol. The maximum Gasteiger partial charge on any atom is 0.144 e. The topological polar surface area (TPSA) is 74.7 Å². The molecule has 0 spiro atoms. The molecule has 4 heteroatoms. The Morgan fingerprint density at radius 2 is 2.18 bits per heavy atom. The van der Waals surface area contributed by atoms with Gasteiger partial charge in [0.2, 0.25) is 0 Å². The molecule has 2 aliphatic carbocycles. The molecule has 1 aromatic heterocycles. The zero-order valence-corrected chi connectivity index (χ0v) is 9.74. The molecule has 17 heavy (non-hydrogen) atoms. The van der Waals surface area contributed by atoms with Crippen LogP contribution in [0, 0.1) is 11.3 Å². The van der Waals surface area contributed by atoms with Crippen LogP contribution in [0.4, 0.5) is 5.82 Å². The molecule has 1 heterocycles. The molecule has 88 valence electrons. The van der Waals surface area contributed by atoms with Gasteiger partial charge in [0.25, 0.3) is 0 Å². The second-order valence-corrected chi connectivity index (χ2v) is 4.96. The Morgan fingerprint density at radius 1 is 1.41 bits per heavy atom. The molecule has 1 saturated carbocycles. The molecule has 3 rings (SSSR count). The number of nitrogens with two attached hydrogens (primary N) is 1. The Balaban J connectivity index is 1.93. The molecule has 0 saturated heterocycles. The quantitative estimate of drug-likeness (QED) is 0.801. The van der Waals surface area contributed by atoms with Crippen LogP contribution in [-0.2, 0) is 12.8 Å². The Labute approximate surface area is 101 Å². The summed E-state index contributed by atoms with van der Waals surface area (Å²) < 4.78 is 0. The number of rotatable bonds is 2. The minimum absolute atomic E-state index is 0.222. The lowest BCUT2D eigenvalue weighted by atomic mass is 9.95. The van der Waals surface area contributed by atoms with Crippen LogP contribution >= 0.6 is 0 Å². The van der Waals surface area contributed by atoms with Gasteiger partial charge >= 0.3 is 0 Å². The van der Waals surface area contributed by atoms with Crippen LogP contribution in [0.1, 0.15) is 36.1 Å². The summed E-state index contributed by atoms with van der Waals surface area (Å²) in [6.45, 7) is 0. The van der Waals surface area contributed by atoms with Crippen LogP contribution in [0.3, 0.4) is 0 Å². The summed E-state index contributed by atoms with van der Waals surface area (Å²) in [4.78, 5) is 4.61. The molecule has 0 aliphatic heterocycles. The zero-order chi connectivity index (χ0) is 11.8. The van der Waals surface area contributed by atoms with Crippen molar-refractivity contribution in [3.63, 3.8) is 0 Å².